The molecule has 0 saturated carbocycles. The van der Waals surface area contributed by atoms with Crippen LogP contribution in [0.1, 0.15) is 58.5 Å². The van der Waals surface area contributed by atoms with Crippen LogP contribution >= 0.6 is 0 Å². The lowest BCUT2D eigenvalue weighted by Gasteiger charge is -2.26. The monoisotopic (exact) mass is 465 g/mol. The summed E-state index contributed by atoms with van der Waals surface area (Å²) in [5.74, 6) is 0.884. The van der Waals surface area contributed by atoms with Crippen molar-refractivity contribution in [1.82, 2.24) is 25.2 Å². The van der Waals surface area contributed by atoms with Crippen molar-refractivity contribution < 1.29 is 9.53 Å². The van der Waals surface area contributed by atoms with E-state index in [2.05, 4.69) is 29.5 Å². The maximum Gasteiger partial charge on any atom is 0.407 e. The first-order valence-electron chi connectivity index (χ1n) is 11.7. The molecule has 1 unspecified atom stereocenters. The summed E-state index contributed by atoms with van der Waals surface area (Å²) >= 11 is 0. The van der Waals surface area contributed by atoms with Gasteiger partial charge in [-0.25, -0.2) is 9.78 Å². The minimum atomic E-state index is -0.523. The largest absolute Gasteiger partial charge is 0.444 e. The normalized spacial score (nSPS) is 12.6. The number of amides is 1. The molecule has 1 amide bonds. The maximum absolute atomic E-state index is 13.4. The molecule has 0 radical (unpaired) electrons. The van der Waals surface area contributed by atoms with Gasteiger partial charge in [0, 0.05) is 18.9 Å². The summed E-state index contributed by atoms with van der Waals surface area (Å²) in [7, 11) is 0. The fourth-order valence-corrected chi connectivity index (χ4v) is 3.71. The number of rotatable bonds is 9. The Balaban J connectivity index is 1.80. The van der Waals surface area contributed by atoms with Gasteiger partial charge in [0.05, 0.1) is 23.5 Å². The summed E-state index contributed by atoms with van der Waals surface area (Å²) < 4.78 is 7.02. The number of carbonyl (C=O) groups excluding carboxylic acids is 1. The van der Waals surface area contributed by atoms with Crippen LogP contribution in [0.2, 0.25) is 0 Å². The molecular formula is C26H35N5O3. The van der Waals surface area contributed by atoms with Crippen molar-refractivity contribution >= 4 is 17.0 Å². The Morgan fingerprint density at radius 1 is 1.12 bits per heavy atom. The highest BCUT2D eigenvalue weighted by atomic mass is 16.6. The molecule has 0 aliphatic heterocycles. The number of nitrogens with zero attached hydrogens (tertiary/aromatic N) is 3. The summed E-state index contributed by atoms with van der Waals surface area (Å²) in [4.78, 5) is 34.3. The minimum absolute atomic E-state index is 0.101. The van der Waals surface area contributed by atoms with E-state index >= 15 is 0 Å². The van der Waals surface area contributed by atoms with Crippen LogP contribution in [0.5, 0.6) is 0 Å². The maximum atomic E-state index is 13.4. The van der Waals surface area contributed by atoms with Crippen LogP contribution in [-0.2, 0) is 11.3 Å². The van der Waals surface area contributed by atoms with E-state index in [1.807, 2.05) is 51.1 Å². The second-order valence-electron chi connectivity index (χ2n) is 9.70. The fraction of sp³-hybridized carbons (Fsp3) is 0.462. The van der Waals surface area contributed by atoms with Gasteiger partial charge in [-0.3, -0.25) is 14.3 Å². The summed E-state index contributed by atoms with van der Waals surface area (Å²) in [6.07, 6.45) is 3.52. The number of hydrogen-bond acceptors (Lipinski definition) is 6. The lowest BCUT2D eigenvalue weighted by atomic mass is 10.0. The molecule has 2 aromatic heterocycles. The molecular weight excluding hydrogens is 430 g/mol. The summed E-state index contributed by atoms with van der Waals surface area (Å²) in [5, 5.41) is 6.83. The standard InChI is InChI=1S/C26H35N5O3/c1-18(2)22(28-13-9-14-29-25(33)34-26(3,4)5)23-30-21-12-15-27-16-20(21)24(32)31(23)17-19-10-7-6-8-11-19/h6-8,10-12,15-16,18,22,28H,9,13-14,17H2,1-5H3,(H,29,33). The third-order valence-corrected chi connectivity index (χ3v) is 5.30. The lowest BCUT2D eigenvalue weighted by Crippen LogP contribution is -2.37. The molecule has 0 spiro atoms. The van der Waals surface area contributed by atoms with Crippen molar-refractivity contribution in [2.24, 2.45) is 5.92 Å². The number of benzene rings is 1. The van der Waals surface area contributed by atoms with Gasteiger partial charge in [0.25, 0.3) is 5.56 Å². The quantitative estimate of drug-likeness (QED) is 0.463. The third-order valence-electron chi connectivity index (χ3n) is 5.30. The number of alkyl carbamates (subject to hydrolysis) is 1. The van der Waals surface area contributed by atoms with Crippen molar-refractivity contribution in [3.05, 3.63) is 70.5 Å². The highest BCUT2D eigenvalue weighted by Crippen LogP contribution is 2.22. The Labute approximate surface area is 200 Å². The van der Waals surface area contributed by atoms with Crippen molar-refractivity contribution in [1.29, 1.82) is 0 Å². The molecule has 0 aliphatic carbocycles. The minimum Gasteiger partial charge on any atom is -0.444 e. The SMILES string of the molecule is CC(C)C(NCCCNC(=O)OC(C)(C)C)c1nc2ccncc2c(=O)n1Cc1ccccc1. The number of pyridine rings is 1. The Morgan fingerprint density at radius 2 is 1.85 bits per heavy atom. The van der Waals surface area contributed by atoms with Gasteiger partial charge in [-0.05, 0) is 51.3 Å². The Bertz CT molecular complexity index is 1150. The van der Waals surface area contributed by atoms with Gasteiger partial charge in [-0.1, -0.05) is 44.2 Å². The summed E-state index contributed by atoms with van der Waals surface area (Å²) in [6, 6.07) is 11.5. The van der Waals surface area contributed by atoms with Gasteiger partial charge in [0.1, 0.15) is 11.4 Å². The molecule has 0 saturated heterocycles. The molecule has 8 heteroatoms. The molecule has 2 N–H and O–H groups in total. The number of ether oxygens (including phenoxy) is 1. The number of nitrogens with one attached hydrogen (secondary N) is 2. The highest BCUT2D eigenvalue weighted by molar-refractivity contribution is 5.76. The number of aromatic nitrogens is 3. The zero-order valence-electron chi connectivity index (χ0n) is 20.7. The van der Waals surface area contributed by atoms with Gasteiger partial charge in [-0.2, -0.15) is 0 Å². The van der Waals surface area contributed by atoms with Crippen LogP contribution < -0.4 is 16.2 Å². The Morgan fingerprint density at radius 3 is 2.53 bits per heavy atom. The van der Waals surface area contributed by atoms with Crippen molar-refractivity contribution in [2.45, 2.75) is 59.2 Å². The zero-order valence-corrected chi connectivity index (χ0v) is 20.7. The first-order chi connectivity index (χ1) is 16.2. The van der Waals surface area contributed by atoms with Gasteiger partial charge in [0.2, 0.25) is 0 Å². The second kappa shape index (κ2) is 11.2. The topological polar surface area (TPSA) is 98.1 Å². The van der Waals surface area contributed by atoms with Gasteiger partial charge in [-0.15, -0.1) is 0 Å². The smallest absolute Gasteiger partial charge is 0.407 e. The van der Waals surface area contributed by atoms with Crippen LogP contribution in [0, 0.1) is 5.92 Å². The van der Waals surface area contributed by atoms with Crippen molar-refractivity contribution in [3.8, 4) is 0 Å². The molecule has 3 aromatic rings. The Hall–Kier alpha value is -3.26. The van der Waals surface area contributed by atoms with Crippen LogP contribution in [0.25, 0.3) is 10.9 Å². The van der Waals surface area contributed by atoms with E-state index in [0.717, 1.165) is 5.56 Å². The third kappa shape index (κ3) is 6.87. The van der Waals surface area contributed by atoms with Crippen molar-refractivity contribution in [3.63, 3.8) is 0 Å². The van der Waals surface area contributed by atoms with E-state index in [0.29, 0.717) is 42.8 Å². The van der Waals surface area contributed by atoms with Crippen LogP contribution in [0.15, 0.2) is 53.6 Å². The fourth-order valence-electron chi connectivity index (χ4n) is 3.71. The molecule has 3 rings (SSSR count). The van der Waals surface area contributed by atoms with Crippen LogP contribution in [0.4, 0.5) is 4.79 Å². The molecule has 34 heavy (non-hydrogen) atoms. The van der Waals surface area contributed by atoms with Crippen LogP contribution in [-0.4, -0.2) is 39.3 Å². The highest BCUT2D eigenvalue weighted by Gasteiger charge is 2.23. The number of carbonyl (C=O) groups is 1. The van der Waals surface area contributed by atoms with E-state index in [1.165, 1.54) is 0 Å². The average molecular weight is 466 g/mol. The van der Waals surface area contributed by atoms with E-state index in [1.54, 1.807) is 23.0 Å². The molecule has 8 nitrogen and oxygen atoms in total. The molecule has 1 atom stereocenters. The van der Waals surface area contributed by atoms with E-state index < -0.39 is 11.7 Å². The molecule has 1 aromatic carbocycles. The second-order valence-corrected chi connectivity index (χ2v) is 9.70. The summed E-state index contributed by atoms with van der Waals surface area (Å²) in [5.41, 5.74) is 1.04. The van der Waals surface area contributed by atoms with Crippen molar-refractivity contribution in [2.75, 3.05) is 13.1 Å². The molecule has 0 fully saturated rings. The predicted octanol–water partition coefficient (Wildman–Crippen LogP) is 4.04. The van der Waals surface area contributed by atoms with E-state index in [9.17, 15) is 9.59 Å². The average Bonchev–Trinajstić information content (AvgIpc) is 2.77. The molecule has 0 bridgehead atoms. The number of hydrogen-bond donors (Lipinski definition) is 2. The van der Waals surface area contributed by atoms with E-state index in [-0.39, 0.29) is 17.5 Å². The number of fused-ring (bicyclic) bond motifs is 1. The summed E-state index contributed by atoms with van der Waals surface area (Å²) in [6.45, 7) is 11.3. The molecule has 0 aliphatic rings. The zero-order chi connectivity index (χ0) is 24.7. The van der Waals surface area contributed by atoms with Crippen LogP contribution in [0.3, 0.4) is 0 Å². The lowest BCUT2D eigenvalue weighted by molar-refractivity contribution is 0.0527. The first kappa shape index (κ1) is 25.4. The predicted molar refractivity (Wildman–Crippen MR) is 134 cm³/mol. The molecule has 2 heterocycles. The first-order valence-corrected chi connectivity index (χ1v) is 11.7. The Kier molecular flexibility index (Phi) is 8.39. The van der Waals surface area contributed by atoms with E-state index in [4.69, 9.17) is 9.72 Å². The molecule has 182 valence electrons. The van der Waals surface area contributed by atoms with Gasteiger partial charge < -0.3 is 15.4 Å². The van der Waals surface area contributed by atoms with Gasteiger partial charge >= 0.3 is 6.09 Å². The van der Waals surface area contributed by atoms with Gasteiger partial charge in [0.15, 0.2) is 0 Å².